The summed E-state index contributed by atoms with van der Waals surface area (Å²) in [6, 6.07) is 6.87. The number of hydrogen-bond acceptors (Lipinski definition) is 11. The van der Waals surface area contributed by atoms with Crippen molar-refractivity contribution in [2.75, 3.05) is 25.6 Å². The lowest BCUT2D eigenvalue weighted by Gasteiger charge is -2.12. The van der Waals surface area contributed by atoms with E-state index in [0.717, 1.165) is 23.1 Å². The van der Waals surface area contributed by atoms with Gasteiger partial charge in [0, 0.05) is 7.05 Å². The van der Waals surface area contributed by atoms with Crippen molar-refractivity contribution in [3.05, 3.63) is 51.7 Å². The number of anilines is 1. The Morgan fingerprint density at radius 2 is 1.75 bits per heavy atom. The fraction of sp³-hybridized carbons (Fsp3) is 0.385. The Morgan fingerprint density at radius 3 is 2.42 bits per heavy atom. The van der Waals surface area contributed by atoms with Gasteiger partial charge in [0.1, 0.15) is 15.6 Å². The molecule has 40 heavy (non-hydrogen) atoms. The summed E-state index contributed by atoms with van der Waals surface area (Å²) in [5.41, 5.74) is 0.891. The SMILES string of the molecule is CCOC(=O)c1sc(NC(=O)[C@H](C)Sc2nnc(CNC(=O)c3ccccc3OC)n2C)c(C(=O)OCC)c1C. The highest BCUT2D eigenvalue weighted by atomic mass is 32.2. The number of thioether (sulfide) groups is 1. The summed E-state index contributed by atoms with van der Waals surface area (Å²) in [7, 11) is 3.22. The first-order chi connectivity index (χ1) is 19.1. The molecule has 1 atom stereocenters. The lowest BCUT2D eigenvalue weighted by Crippen LogP contribution is -2.25. The number of thiophene rings is 1. The molecule has 0 spiro atoms. The van der Waals surface area contributed by atoms with Crippen LogP contribution in [0, 0.1) is 6.92 Å². The number of esters is 2. The van der Waals surface area contributed by atoms with Crippen LogP contribution in [0.5, 0.6) is 5.75 Å². The molecule has 0 radical (unpaired) electrons. The number of aromatic nitrogens is 3. The monoisotopic (exact) mass is 589 g/mol. The van der Waals surface area contributed by atoms with Crippen molar-refractivity contribution in [1.29, 1.82) is 0 Å². The Hall–Kier alpha value is -3.91. The van der Waals surface area contributed by atoms with Crippen LogP contribution in [-0.2, 0) is 27.9 Å². The minimum atomic E-state index is -0.651. The predicted octanol–water partition coefficient (Wildman–Crippen LogP) is 3.60. The molecule has 2 heterocycles. The van der Waals surface area contributed by atoms with E-state index in [2.05, 4.69) is 20.8 Å². The fourth-order valence-corrected chi connectivity index (χ4v) is 5.48. The van der Waals surface area contributed by atoms with E-state index in [1.54, 1.807) is 63.6 Å². The Balaban J connectivity index is 1.70. The highest BCUT2D eigenvalue weighted by Crippen LogP contribution is 2.35. The van der Waals surface area contributed by atoms with Gasteiger partial charge in [-0.25, -0.2) is 9.59 Å². The number of benzene rings is 1. The Labute approximate surface area is 239 Å². The molecule has 0 bridgehead atoms. The van der Waals surface area contributed by atoms with E-state index < -0.39 is 23.1 Å². The van der Waals surface area contributed by atoms with Crippen LogP contribution in [0.3, 0.4) is 0 Å². The predicted molar refractivity (Wildman–Crippen MR) is 150 cm³/mol. The van der Waals surface area contributed by atoms with E-state index in [1.165, 1.54) is 7.11 Å². The summed E-state index contributed by atoms with van der Waals surface area (Å²) in [6.45, 7) is 7.05. The number of ether oxygens (including phenoxy) is 3. The third-order valence-corrected chi connectivity index (χ3v) is 7.98. The van der Waals surface area contributed by atoms with Gasteiger partial charge >= 0.3 is 11.9 Å². The quantitative estimate of drug-likeness (QED) is 0.237. The molecule has 214 valence electrons. The van der Waals surface area contributed by atoms with Crippen LogP contribution >= 0.6 is 23.1 Å². The second-order valence-corrected chi connectivity index (χ2v) is 10.6. The molecule has 2 N–H and O–H groups in total. The number of nitrogens with one attached hydrogen (secondary N) is 2. The highest BCUT2D eigenvalue weighted by molar-refractivity contribution is 8.00. The van der Waals surface area contributed by atoms with Crippen molar-refractivity contribution in [2.24, 2.45) is 7.05 Å². The zero-order valence-corrected chi connectivity index (χ0v) is 24.7. The molecule has 0 saturated heterocycles. The number of carbonyl (C=O) groups is 4. The van der Waals surface area contributed by atoms with E-state index in [1.807, 2.05) is 0 Å². The van der Waals surface area contributed by atoms with Crippen LogP contribution in [0.25, 0.3) is 0 Å². The lowest BCUT2D eigenvalue weighted by molar-refractivity contribution is -0.115. The van der Waals surface area contributed by atoms with Crippen molar-refractivity contribution in [3.8, 4) is 5.75 Å². The molecule has 0 saturated carbocycles. The largest absolute Gasteiger partial charge is 0.496 e. The number of carbonyl (C=O) groups excluding carboxylic acids is 4. The molecule has 0 aliphatic heterocycles. The first-order valence-corrected chi connectivity index (χ1v) is 14.1. The van der Waals surface area contributed by atoms with Gasteiger partial charge in [-0.2, -0.15) is 0 Å². The molecule has 0 fully saturated rings. The molecule has 12 nitrogen and oxygen atoms in total. The minimum absolute atomic E-state index is 0.107. The number of hydrogen-bond donors (Lipinski definition) is 2. The van der Waals surface area contributed by atoms with Gasteiger partial charge < -0.3 is 29.4 Å². The lowest BCUT2D eigenvalue weighted by atomic mass is 10.1. The maximum atomic E-state index is 13.1. The molecular formula is C26H31N5O7S2. The number of methoxy groups -OCH3 is 1. The Morgan fingerprint density at radius 1 is 1.07 bits per heavy atom. The minimum Gasteiger partial charge on any atom is -0.496 e. The summed E-state index contributed by atoms with van der Waals surface area (Å²) in [5, 5.41) is 13.8. The van der Waals surface area contributed by atoms with Crippen molar-refractivity contribution in [3.63, 3.8) is 0 Å². The number of nitrogens with zero attached hydrogens (tertiary/aromatic N) is 3. The third kappa shape index (κ3) is 6.99. The van der Waals surface area contributed by atoms with Gasteiger partial charge in [-0.05, 0) is 45.4 Å². The standard InChI is InChI=1S/C26H31N5O7S2/c1-7-37-24(34)19-14(3)20(25(35)38-8-2)40-23(19)28-21(32)15(4)39-26-30-29-18(31(26)5)13-27-22(33)16-11-9-10-12-17(16)36-6/h9-12,15H,7-8,13H2,1-6H3,(H,27,33)(H,28,32)/t15-/m0/s1. The summed E-state index contributed by atoms with van der Waals surface area (Å²) in [6.07, 6.45) is 0. The molecule has 0 aliphatic rings. The smallest absolute Gasteiger partial charge is 0.348 e. The van der Waals surface area contributed by atoms with Gasteiger partial charge in [0.25, 0.3) is 5.91 Å². The molecular weight excluding hydrogens is 558 g/mol. The van der Waals surface area contributed by atoms with Gasteiger partial charge in [0.15, 0.2) is 11.0 Å². The van der Waals surface area contributed by atoms with Gasteiger partial charge in [0.05, 0.1) is 43.2 Å². The maximum Gasteiger partial charge on any atom is 0.348 e. The third-order valence-electron chi connectivity index (χ3n) is 5.66. The normalized spacial score (nSPS) is 11.4. The summed E-state index contributed by atoms with van der Waals surface area (Å²) in [4.78, 5) is 50.9. The molecule has 2 amide bonds. The van der Waals surface area contributed by atoms with Crippen LogP contribution in [0.1, 0.15) is 62.5 Å². The summed E-state index contributed by atoms with van der Waals surface area (Å²) < 4.78 is 17.1. The van der Waals surface area contributed by atoms with Crippen LogP contribution < -0.4 is 15.4 Å². The first kappa shape index (κ1) is 30.6. The molecule has 3 aromatic rings. The molecule has 0 aliphatic carbocycles. The number of para-hydroxylation sites is 1. The molecule has 1 aromatic carbocycles. The maximum absolute atomic E-state index is 13.1. The van der Waals surface area contributed by atoms with E-state index in [0.29, 0.717) is 27.9 Å². The number of amides is 2. The zero-order valence-electron chi connectivity index (χ0n) is 23.0. The van der Waals surface area contributed by atoms with Gasteiger partial charge in [-0.1, -0.05) is 23.9 Å². The summed E-state index contributed by atoms with van der Waals surface area (Å²) in [5.74, 6) is -1.03. The highest BCUT2D eigenvalue weighted by Gasteiger charge is 2.29. The Kier molecular flexibility index (Phi) is 10.7. The second-order valence-electron chi connectivity index (χ2n) is 8.29. The van der Waals surface area contributed by atoms with Crippen LogP contribution in [0.15, 0.2) is 29.4 Å². The summed E-state index contributed by atoms with van der Waals surface area (Å²) >= 11 is 2.11. The van der Waals surface area contributed by atoms with Crippen LogP contribution in [-0.4, -0.2) is 64.1 Å². The first-order valence-electron chi connectivity index (χ1n) is 12.4. The van der Waals surface area contributed by atoms with Crippen molar-refractivity contribution in [2.45, 2.75) is 44.6 Å². The fourth-order valence-electron chi connectivity index (χ4n) is 3.56. The molecule has 2 aromatic heterocycles. The van der Waals surface area contributed by atoms with Gasteiger partial charge in [-0.3, -0.25) is 9.59 Å². The average Bonchev–Trinajstić information content (AvgIpc) is 3.45. The van der Waals surface area contributed by atoms with Crippen molar-refractivity contribution in [1.82, 2.24) is 20.1 Å². The zero-order chi connectivity index (χ0) is 29.4. The second kappa shape index (κ2) is 13.9. The van der Waals surface area contributed by atoms with Crippen molar-refractivity contribution >= 4 is 51.9 Å². The van der Waals surface area contributed by atoms with E-state index in [9.17, 15) is 19.2 Å². The topological polar surface area (TPSA) is 151 Å². The van der Waals surface area contributed by atoms with E-state index >= 15 is 0 Å². The molecule has 14 heteroatoms. The average molecular weight is 590 g/mol. The van der Waals surface area contributed by atoms with E-state index in [4.69, 9.17) is 14.2 Å². The Bertz CT molecular complexity index is 1400. The van der Waals surface area contributed by atoms with Crippen LogP contribution in [0.4, 0.5) is 5.00 Å². The van der Waals surface area contributed by atoms with E-state index in [-0.39, 0.29) is 41.1 Å². The van der Waals surface area contributed by atoms with Crippen molar-refractivity contribution < 1.29 is 33.4 Å². The van der Waals surface area contributed by atoms with Crippen LogP contribution in [0.2, 0.25) is 0 Å². The van der Waals surface area contributed by atoms with Gasteiger partial charge in [0.2, 0.25) is 5.91 Å². The van der Waals surface area contributed by atoms with Gasteiger partial charge in [-0.15, -0.1) is 21.5 Å². The molecule has 0 unspecified atom stereocenters. The number of rotatable bonds is 12. The molecule has 3 rings (SSSR count).